The molecule has 3 aromatic rings. The fraction of sp³-hybridized carbons (Fsp3) is 0.0909. The van der Waals surface area contributed by atoms with Gasteiger partial charge in [-0.3, -0.25) is 5.41 Å². The predicted octanol–water partition coefficient (Wildman–Crippen LogP) is 3.41. The lowest BCUT2D eigenvalue weighted by Crippen LogP contribution is -2.10. The van der Waals surface area contributed by atoms with Crippen LogP contribution in [0.2, 0.25) is 0 Å². The number of amidine groups is 1. The van der Waals surface area contributed by atoms with E-state index in [0.717, 1.165) is 5.56 Å². The zero-order valence-corrected chi connectivity index (χ0v) is 15.1. The van der Waals surface area contributed by atoms with E-state index in [1.165, 1.54) is 0 Å². The maximum Gasteiger partial charge on any atom is 0.335 e. The standard InChI is InChI=1S/C22H20N2O4/c23-21(24)16-6-3-5-15(10-16)18-8-14(9-19(11-18)22(26)27)13-28-20-7-2-1-4-17(20)12-25/h1-11,25H,12-13H2,(H3,23,24)(H,26,27). The van der Waals surface area contributed by atoms with Crippen LogP contribution in [0.5, 0.6) is 5.75 Å². The van der Waals surface area contributed by atoms with Crippen molar-refractivity contribution in [3.63, 3.8) is 0 Å². The Hall–Kier alpha value is -3.64. The number of nitrogen functional groups attached to an aromatic ring is 1. The van der Waals surface area contributed by atoms with Crippen LogP contribution in [0, 0.1) is 5.41 Å². The van der Waals surface area contributed by atoms with Gasteiger partial charge in [-0.1, -0.05) is 36.4 Å². The summed E-state index contributed by atoms with van der Waals surface area (Å²) in [5, 5.41) is 26.5. The molecule has 6 heteroatoms. The first-order valence-electron chi connectivity index (χ1n) is 8.61. The van der Waals surface area contributed by atoms with E-state index in [9.17, 15) is 15.0 Å². The number of rotatable bonds is 7. The summed E-state index contributed by atoms with van der Waals surface area (Å²) in [6.45, 7) is 0.00591. The lowest BCUT2D eigenvalue weighted by Gasteiger charge is -2.12. The number of benzene rings is 3. The number of hydrogen-bond donors (Lipinski definition) is 4. The van der Waals surface area contributed by atoms with E-state index < -0.39 is 5.97 Å². The minimum absolute atomic E-state index is 0.0552. The summed E-state index contributed by atoms with van der Waals surface area (Å²) in [7, 11) is 0. The molecule has 0 aliphatic carbocycles. The lowest BCUT2D eigenvalue weighted by atomic mass is 9.98. The van der Waals surface area contributed by atoms with E-state index >= 15 is 0 Å². The van der Waals surface area contributed by atoms with Gasteiger partial charge >= 0.3 is 5.97 Å². The van der Waals surface area contributed by atoms with Gasteiger partial charge in [0.25, 0.3) is 0 Å². The molecule has 142 valence electrons. The minimum atomic E-state index is -1.04. The van der Waals surface area contributed by atoms with Gasteiger partial charge in [0, 0.05) is 11.1 Å². The summed E-state index contributed by atoms with van der Waals surface area (Å²) < 4.78 is 5.79. The third kappa shape index (κ3) is 4.36. The van der Waals surface area contributed by atoms with Crippen molar-refractivity contribution in [2.75, 3.05) is 0 Å². The molecule has 0 aliphatic rings. The number of nitrogens with two attached hydrogens (primary N) is 1. The summed E-state index contributed by atoms with van der Waals surface area (Å²) in [5.41, 5.74) is 9.04. The smallest absolute Gasteiger partial charge is 0.335 e. The number of carbonyl (C=O) groups is 1. The van der Waals surface area contributed by atoms with Crippen LogP contribution in [-0.2, 0) is 13.2 Å². The van der Waals surface area contributed by atoms with Crippen LogP contribution in [0.15, 0.2) is 66.7 Å². The van der Waals surface area contributed by atoms with Gasteiger partial charge in [0.2, 0.25) is 0 Å². The SMILES string of the molecule is N=C(N)c1cccc(-c2cc(COc3ccccc3CO)cc(C(=O)O)c2)c1. The fourth-order valence-corrected chi connectivity index (χ4v) is 2.87. The molecule has 0 amide bonds. The van der Waals surface area contributed by atoms with Crippen LogP contribution in [0.25, 0.3) is 11.1 Å². The van der Waals surface area contributed by atoms with Gasteiger partial charge in [-0.05, 0) is 47.0 Å². The minimum Gasteiger partial charge on any atom is -0.489 e. The molecule has 0 heterocycles. The number of hydrogen-bond acceptors (Lipinski definition) is 4. The zero-order chi connectivity index (χ0) is 20.1. The van der Waals surface area contributed by atoms with E-state index in [1.54, 1.807) is 48.5 Å². The van der Waals surface area contributed by atoms with Gasteiger partial charge in [-0.15, -0.1) is 0 Å². The Morgan fingerprint density at radius 3 is 2.43 bits per heavy atom. The number of para-hydroxylation sites is 1. The van der Waals surface area contributed by atoms with Crippen LogP contribution < -0.4 is 10.5 Å². The molecular formula is C22H20N2O4. The van der Waals surface area contributed by atoms with Crippen LogP contribution >= 0.6 is 0 Å². The molecule has 0 fully saturated rings. The summed E-state index contributed by atoms with van der Waals surface area (Å²) in [4.78, 5) is 11.6. The van der Waals surface area contributed by atoms with Gasteiger partial charge in [0.1, 0.15) is 18.2 Å². The number of carboxylic acid groups (broad SMARTS) is 1. The Balaban J connectivity index is 1.95. The molecule has 0 atom stereocenters. The average molecular weight is 376 g/mol. The van der Waals surface area contributed by atoms with Crippen molar-refractivity contribution in [1.29, 1.82) is 5.41 Å². The molecule has 5 N–H and O–H groups in total. The van der Waals surface area contributed by atoms with Gasteiger partial charge in [-0.25, -0.2) is 4.79 Å². The van der Waals surface area contributed by atoms with E-state index in [-0.39, 0.29) is 24.6 Å². The fourth-order valence-electron chi connectivity index (χ4n) is 2.87. The van der Waals surface area contributed by atoms with E-state index in [0.29, 0.717) is 28.0 Å². The second kappa shape index (κ2) is 8.37. The summed E-state index contributed by atoms with van der Waals surface area (Å²) >= 11 is 0. The third-order valence-electron chi connectivity index (χ3n) is 4.28. The average Bonchev–Trinajstić information content (AvgIpc) is 2.72. The molecule has 0 aromatic heterocycles. The van der Waals surface area contributed by atoms with Gasteiger partial charge < -0.3 is 20.7 Å². The number of aromatic carboxylic acids is 1. The van der Waals surface area contributed by atoms with E-state index in [1.807, 2.05) is 18.2 Å². The summed E-state index contributed by atoms with van der Waals surface area (Å²) in [5.74, 6) is -0.548. The van der Waals surface area contributed by atoms with Crippen LogP contribution in [0.1, 0.15) is 27.0 Å². The monoisotopic (exact) mass is 376 g/mol. The number of nitrogens with one attached hydrogen (secondary N) is 1. The van der Waals surface area contributed by atoms with Crippen molar-refractivity contribution in [1.82, 2.24) is 0 Å². The number of carboxylic acids is 1. The summed E-state index contributed by atoms with van der Waals surface area (Å²) in [6.07, 6.45) is 0. The molecule has 0 saturated carbocycles. The molecule has 0 radical (unpaired) electrons. The van der Waals surface area contributed by atoms with Crippen LogP contribution in [-0.4, -0.2) is 22.0 Å². The van der Waals surface area contributed by atoms with Crippen molar-refractivity contribution in [2.24, 2.45) is 5.73 Å². The molecule has 3 aromatic carbocycles. The first-order chi connectivity index (χ1) is 13.5. The van der Waals surface area contributed by atoms with Crippen molar-refractivity contribution in [3.8, 4) is 16.9 Å². The topological polar surface area (TPSA) is 117 Å². The highest BCUT2D eigenvalue weighted by molar-refractivity contribution is 5.96. The zero-order valence-electron chi connectivity index (χ0n) is 15.1. The Morgan fingerprint density at radius 2 is 1.71 bits per heavy atom. The highest BCUT2D eigenvalue weighted by Crippen LogP contribution is 2.25. The quantitative estimate of drug-likeness (QED) is 0.372. The molecule has 3 rings (SSSR count). The molecule has 0 spiro atoms. The number of aliphatic hydroxyl groups excluding tert-OH is 1. The lowest BCUT2D eigenvalue weighted by molar-refractivity contribution is 0.0696. The predicted molar refractivity (Wildman–Crippen MR) is 107 cm³/mol. The first-order valence-corrected chi connectivity index (χ1v) is 8.61. The largest absolute Gasteiger partial charge is 0.489 e. The highest BCUT2D eigenvalue weighted by atomic mass is 16.5. The Kier molecular flexibility index (Phi) is 5.72. The second-order valence-corrected chi connectivity index (χ2v) is 6.27. The van der Waals surface area contributed by atoms with E-state index in [4.69, 9.17) is 15.9 Å². The number of ether oxygens (including phenoxy) is 1. The maximum atomic E-state index is 11.6. The maximum absolute atomic E-state index is 11.6. The number of aliphatic hydroxyl groups is 1. The molecule has 0 bridgehead atoms. The van der Waals surface area contributed by atoms with Crippen molar-refractivity contribution in [2.45, 2.75) is 13.2 Å². The first kappa shape index (κ1) is 19.1. The van der Waals surface area contributed by atoms with Gasteiger partial charge in [-0.2, -0.15) is 0 Å². The van der Waals surface area contributed by atoms with Crippen molar-refractivity contribution < 1.29 is 19.7 Å². The Labute approximate surface area is 162 Å². The molecule has 0 saturated heterocycles. The molecule has 0 aliphatic heterocycles. The third-order valence-corrected chi connectivity index (χ3v) is 4.28. The van der Waals surface area contributed by atoms with Crippen molar-refractivity contribution >= 4 is 11.8 Å². The second-order valence-electron chi connectivity index (χ2n) is 6.27. The molecule has 0 unspecified atom stereocenters. The highest BCUT2D eigenvalue weighted by Gasteiger charge is 2.11. The van der Waals surface area contributed by atoms with Crippen LogP contribution in [0.4, 0.5) is 0 Å². The molecule has 28 heavy (non-hydrogen) atoms. The molecule has 6 nitrogen and oxygen atoms in total. The van der Waals surface area contributed by atoms with E-state index in [2.05, 4.69) is 0 Å². The van der Waals surface area contributed by atoms with Gasteiger partial charge in [0.05, 0.1) is 12.2 Å². The van der Waals surface area contributed by atoms with Gasteiger partial charge in [0.15, 0.2) is 0 Å². The Bertz CT molecular complexity index is 1030. The summed E-state index contributed by atoms with van der Waals surface area (Å²) in [6, 6.07) is 19.2. The van der Waals surface area contributed by atoms with Crippen LogP contribution in [0.3, 0.4) is 0 Å². The Morgan fingerprint density at radius 1 is 0.964 bits per heavy atom. The van der Waals surface area contributed by atoms with Crippen molar-refractivity contribution in [3.05, 3.63) is 89.0 Å². The normalized spacial score (nSPS) is 10.5. The molecular weight excluding hydrogens is 356 g/mol.